The molecule has 1 saturated heterocycles. The van der Waals surface area contributed by atoms with Crippen LogP contribution < -0.4 is 4.90 Å². The molecular formula is C18H19FN6O. The van der Waals surface area contributed by atoms with Crippen molar-refractivity contribution in [2.75, 3.05) is 31.1 Å². The highest BCUT2D eigenvalue weighted by molar-refractivity contribution is 5.63. The lowest BCUT2D eigenvalue weighted by Crippen LogP contribution is -2.46. The van der Waals surface area contributed by atoms with Crippen LogP contribution >= 0.6 is 0 Å². The van der Waals surface area contributed by atoms with E-state index in [4.69, 9.17) is 4.42 Å². The van der Waals surface area contributed by atoms with Crippen molar-refractivity contribution < 1.29 is 8.81 Å². The number of piperazine rings is 1. The summed E-state index contributed by atoms with van der Waals surface area (Å²) in [4.78, 5) is 12.5. The lowest BCUT2D eigenvalue weighted by atomic mass is 10.1. The molecule has 2 aromatic heterocycles. The topological polar surface area (TPSA) is 71.2 Å². The van der Waals surface area contributed by atoms with E-state index >= 15 is 0 Å². The van der Waals surface area contributed by atoms with Crippen molar-refractivity contribution in [1.82, 2.24) is 25.1 Å². The number of nitrogens with zero attached hydrogens (tertiary/aromatic N) is 6. The number of aromatic nitrogens is 4. The van der Waals surface area contributed by atoms with E-state index in [1.165, 1.54) is 6.33 Å². The second kappa shape index (κ2) is 7.17. The van der Waals surface area contributed by atoms with E-state index in [-0.39, 0.29) is 5.82 Å². The predicted molar refractivity (Wildman–Crippen MR) is 94.0 cm³/mol. The van der Waals surface area contributed by atoms with Crippen LogP contribution in [0.3, 0.4) is 0 Å². The third-order valence-electron chi connectivity index (χ3n) is 4.42. The summed E-state index contributed by atoms with van der Waals surface area (Å²) in [5.74, 6) is 1.15. The van der Waals surface area contributed by atoms with Gasteiger partial charge in [-0.25, -0.2) is 14.4 Å². The molecule has 0 spiro atoms. The van der Waals surface area contributed by atoms with Gasteiger partial charge in [0.05, 0.1) is 6.54 Å². The largest absolute Gasteiger partial charge is 0.424 e. The highest BCUT2D eigenvalue weighted by Crippen LogP contribution is 2.26. The Balaban J connectivity index is 1.46. The first-order chi connectivity index (χ1) is 12.7. The predicted octanol–water partition coefficient (Wildman–Crippen LogP) is 2.30. The van der Waals surface area contributed by atoms with Gasteiger partial charge >= 0.3 is 0 Å². The minimum absolute atomic E-state index is 0.333. The van der Waals surface area contributed by atoms with Gasteiger partial charge in [0.1, 0.15) is 12.0 Å². The van der Waals surface area contributed by atoms with Crippen LogP contribution in [-0.2, 0) is 6.54 Å². The molecule has 0 unspecified atom stereocenters. The molecule has 1 fully saturated rings. The maximum atomic E-state index is 15.0. The zero-order valence-electron chi connectivity index (χ0n) is 14.5. The fourth-order valence-corrected chi connectivity index (χ4v) is 3.09. The van der Waals surface area contributed by atoms with Gasteiger partial charge in [-0.05, 0) is 0 Å². The van der Waals surface area contributed by atoms with Crippen LogP contribution in [0.4, 0.5) is 10.2 Å². The van der Waals surface area contributed by atoms with Gasteiger partial charge < -0.3 is 9.32 Å². The number of benzene rings is 1. The Morgan fingerprint density at radius 2 is 1.81 bits per heavy atom. The molecule has 4 rings (SSSR count). The Labute approximate surface area is 150 Å². The van der Waals surface area contributed by atoms with E-state index in [9.17, 15) is 4.39 Å². The van der Waals surface area contributed by atoms with E-state index < -0.39 is 0 Å². The van der Waals surface area contributed by atoms with Crippen molar-refractivity contribution in [3.8, 4) is 11.3 Å². The Hall–Kier alpha value is -2.87. The second-order valence-electron chi connectivity index (χ2n) is 6.20. The highest BCUT2D eigenvalue weighted by Gasteiger charge is 2.23. The molecule has 7 nitrogen and oxygen atoms in total. The molecule has 1 aliphatic rings. The molecule has 1 aromatic carbocycles. The van der Waals surface area contributed by atoms with Gasteiger partial charge in [-0.2, -0.15) is 0 Å². The number of aryl methyl sites for hydroxylation is 1. The molecule has 0 radical (unpaired) electrons. The Morgan fingerprint density at radius 3 is 2.50 bits per heavy atom. The quantitative estimate of drug-likeness (QED) is 0.712. The Bertz CT molecular complexity index is 876. The van der Waals surface area contributed by atoms with E-state index in [1.807, 2.05) is 35.2 Å². The lowest BCUT2D eigenvalue weighted by molar-refractivity contribution is 0.224. The normalized spacial score (nSPS) is 15.4. The standard InChI is InChI=1S/C18H19FN6O/c1-13-22-23-15(26-13)11-24-7-9-25(10-8-24)18-16(19)17(20-12-21-18)14-5-3-2-4-6-14/h2-6,12H,7-11H2,1H3. The monoisotopic (exact) mass is 354 g/mol. The van der Waals surface area contributed by atoms with Gasteiger partial charge in [0.2, 0.25) is 11.8 Å². The van der Waals surface area contributed by atoms with Gasteiger partial charge in [0.25, 0.3) is 0 Å². The van der Waals surface area contributed by atoms with Gasteiger partial charge in [0, 0.05) is 38.7 Å². The fourth-order valence-electron chi connectivity index (χ4n) is 3.09. The number of hydrogen-bond acceptors (Lipinski definition) is 7. The summed E-state index contributed by atoms with van der Waals surface area (Å²) in [6.45, 7) is 5.27. The van der Waals surface area contributed by atoms with Crippen molar-refractivity contribution in [3.63, 3.8) is 0 Å². The van der Waals surface area contributed by atoms with Crippen molar-refractivity contribution in [3.05, 3.63) is 54.3 Å². The second-order valence-corrected chi connectivity index (χ2v) is 6.20. The van der Waals surface area contributed by atoms with Crippen LogP contribution in [0.5, 0.6) is 0 Å². The average Bonchev–Trinajstić information content (AvgIpc) is 3.08. The van der Waals surface area contributed by atoms with E-state index in [1.54, 1.807) is 6.92 Å². The Morgan fingerprint density at radius 1 is 1.04 bits per heavy atom. The molecule has 1 aliphatic heterocycles. The van der Waals surface area contributed by atoms with Gasteiger partial charge in [-0.3, -0.25) is 4.90 Å². The summed E-state index contributed by atoms with van der Waals surface area (Å²) in [5, 5.41) is 7.87. The summed E-state index contributed by atoms with van der Waals surface area (Å²) in [6, 6.07) is 9.33. The first-order valence-corrected chi connectivity index (χ1v) is 8.53. The van der Waals surface area contributed by atoms with Crippen LogP contribution in [0.15, 0.2) is 41.1 Å². The molecule has 0 amide bonds. The van der Waals surface area contributed by atoms with Gasteiger partial charge in [-0.15, -0.1) is 10.2 Å². The van der Waals surface area contributed by atoms with E-state index in [2.05, 4.69) is 25.1 Å². The summed E-state index contributed by atoms with van der Waals surface area (Å²) in [6.07, 6.45) is 1.42. The number of anilines is 1. The van der Waals surface area contributed by atoms with Gasteiger partial charge in [0.15, 0.2) is 11.6 Å². The molecule has 3 heterocycles. The summed E-state index contributed by atoms with van der Waals surface area (Å²) < 4.78 is 20.4. The molecule has 8 heteroatoms. The first kappa shape index (κ1) is 16.6. The molecular weight excluding hydrogens is 335 g/mol. The minimum atomic E-state index is -0.375. The molecule has 134 valence electrons. The van der Waals surface area contributed by atoms with Crippen LogP contribution in [0.25, 0.3) is 11.3 Å². The third-order valence-corrected chi connectivity index (χ3v) is 4.42. The number of hydrogen-bond donors (Lipinski definition) is 0. The van der Waals surface area contributed by atoms with Crippen LogP contribution in [0.2, 0.25) is 0 Å². The average molecular weight is 354 g/mol. The summed E-state index contributed by atoms with van der Waals surface area (Å²) in [5.41, 5.74) is 1.08. The number of rotatable bonds is 4. The minimum Gasteiger partial charge on any atom is -0.424 e. The zero-order chi connectivity index (χ0) is 17.9. The molecule has 0 aliphatic carbocycles. The Kier molecular flexibility index (Phi) is 4.57. The van der Waals surface area contributed by atoms with Crippen molar-refractivity contribution in [1.29, 1.82) is 0 Å². The molecule has 3 aromatic rings. The maximum absolute atomic E-state index is 15.0. The van der Waals surface area contributed by atoms with E-state index in [0.29, 0.717) is 42.9 Å². The summed E-state index contributed by atoms with van der Waals surface area (Å²) >= 11 is 0. The third kappa shape index (κ3) is 3.41. The van der Waals surface area contributed by atoms with Crippen molar-refractivity contribution in [2.24, 2.45) is 0 Å². The molecule has 0 atom stereocenters. The smallest absolute Gasteiger partial charge is 0.230 e. The fraction of sp³-hybridized carbons (Fsp3) is 0.333. The van der Waals surface area contributed by atoms with Crippen molar-refractivity contribution >= 4 is 5.82 Å². The molecule has 26 heavy (non-hydrogen) atoms. The maximum Gasteiger partial charge on any atom is 0.230 e. The van der Waals surface area contributed by atoms with Crippen LogP contribution in [0.1, 0.15) is 11.8 Å². The first-order valence-electron chi connectivity index (χ1n) is 8.53. The van der Waals surface area contributed by atoms with E-state index in [0.717, 1.165) is 18.7 Å². The van der Waals surface area contributed by atoms with Crippen molar-refractivity contribution in [2.45, 2.75) is 13.5 Å². The highest BCUT2D eigenvalue weighted by atomic mass is 19.1. The lowest BCUT2D eigenvalue weighted by Gasteiger charge is -2.34. The SMILES string of the molecule is Cc1nnc(CN2CCN(c3ncnc(-c4ccccc4)c3F)CC2)o1. The van der Waals surface area contributed by atoms with Crippen LogP contribution in [0, 0.1) is 12.7 Å². The zero-order valence-corrected chi connectivity index (χ0v) is 14.5. The number of halogens is 1. The molecule has 0 saturated carbocycles. The van der Waals surface area contributed by atoms with Crippen LogP contribution in [-0.4, -0.2) is 51.2 Å². The molecule has 0 bridgehead atoms. The molecule has 0 N–H and O–H groups in total. The van der Waals surface area contributed by atoms with Gasteiger partial charge in [-0.1, -0.05) is 30.3 Å². The summed E-state index contributed by atoms with van der Waals surface area (Å²) in [7, 11) is 0.